The molecule has 144 valence electrons. The van der Waals surface area contributed by atoms with Crippen molar-refractivity contribution in [3.8, 4) is 22.9 Å². The Morgan fingerprint density at radius 2 is 1.96 bits per heavy atom. The van der Waals surface area contributed by atoms with Gasteiger partial charge in [-0.2, -0.15) is 10.2 Å². The topological polar surface area (TPSA) is 97.4 Å². The second-order valence-corrected chi connectivity index (χ2v) is 7.74. The monoisotopic (exact) mass is 369 g/mol. The lowest BCUT2D eigenvalue weighted by atomic mass is 9.92. The summed E-state index contributed by atoms with van der Waals surface area (Å²) in [5.41, 5.74) is 3.67. The van der Waals surface area contributed by atoms with Crippen LogP contribution in [0.1, 0.15) is 63.0 Å². The minimum absolute atomic E-state index is 0.0771. The summed E-state index contributed by atoms with van der Waals surface area (Å²) in [5.74, 6) is 1.32. The van der Waals surface area contributed by atoms with Crippen LogP contribution in [-0.4, -0.2) is 46.0 Å². The Hall–Kier alpha value is -2.48. The number of hydrogen-bond acceptors (Lipinski definition) is 5. The first kappa shape index (κ1) is 17.9. The third-order valence-corrected chi connectivity index (χ3v) is 5.35. The molecule has 2 atom stereocenters. The maximum Gasteiger partial charge on any atom is 0.185 e. The van der Waals surface area contributed by atoms with Crippen LogP contribution in [-0.2, 0) is 0 Å². The molecule has 0 aliphatic heterocycles. The van der Waals surface area contributed by atoms with Crippen LogP contribution in [0.3, 0.4) is 0 Å². The first-order valence-corrected chi connectivity index (χ1v) is 9.67. The van der Waals surface area contributed by atoms with Crippen LogP contribution in [0.4, 0.5) is 0 Å². The molecule has 0 spiro atoms. The zero-order chi connectivity index (χ0) is 19.1. The fourth-order valence-corrected chi connectivity index (χ4v) is 3.92. The molecule has 3 heterocycles. The molecule has 1 fully saturated rings. The maximum absolute atomic E-state index is 10.6. The van der Waals surface area contributed by atoms with E-state index in [0.29, 0.717) is 11.6 Å². The number of nitrogens with one attached hydrogen (secondary N) is 1. The molecule has 0 unspecified atom stereocenters. The van der Waals surface area contributed by atoms with Gasteiger partial charge in [0.25, 0.3) is 0 Å². The average Bonchev–Trinajstić information content (AvgIpc) is 3.33. The Balaban J connectivity index is 1.84. The molecule has 1 aliphatic carbocycles. The van der Waals surface area contributed by atoms with Crippen molar-refractivity contribution in [2.24, 2.45) is 0 Å². The second-order valence-electron chi connectivity index (χ2n) is 7.74. The van der Waals surface area contributed by atoms with E-state index < -0.39 is 6.10 Å². The number of nitrogens with zero attached hydrogens (tertiary/aromatic N) is 6. The normalized spacial score (nSPS) is 20.5. The Bertz CT molecular complexity index is 936. The molecule has 2 N–H and O–H groups in total. The second kappa shape index (κ2) is 6.92. The Kier molecular flexibility index (Phi) is 4.59. The number of aromatic amines is 1. The van der Waals surface area contributed by atoms with Crippen molar-refractivity contribution >= 4 is 0 Å². The highest BCUT2D eigenvalue weighted by Crippen LogP contribution is 2.33. The molecular formula is C19H27N7O. The van der Waals surface area contributed by atoms with Crippen molar-refractivity contribution in [2.75, 3.05) is 0 Å². The molecule has 3 aromatic heterocycles. The van der Waals surface area contributed by atoms with Gasteiger partial charge in [0.1, 0.15) is 5.69 Å². The smallest absolute Gasteiger partial charge is 0.185 e. The molecule has 4 rings (SSSR count). The number of aliphatic hydroxyl groups is 1. The van der Waals surface area contributed by atoms with Gasteiger partial charge in [-0.05, 0) is 46.6 Å². The highest BCUT2D eigenvalue weighted by molar-refractivity contribution is 5.61. The van der Waals surface area contributed by atoms with E-state index in [9.17, 15) is 5.11 Å². The van der Waals surface area contributed by atoms with Crippen LogP contribution in [0.25, 0.3) is 22.9 Å². The molecule has 0 saturated heterocycles. The summed E-state index contributed by atoms with van der Waals surface area (Å²) in [7, 11) is 0. The predicted octanol–water partition coefficient (Wildman–Crippen LogP) is 3.21. The molecule has 0 aromatic carbocycles. The lowest BCUT2D eigenvalue weighted by Crippen LogP contribution is -2.29. The standard InChI is InChI=1S/C19H27N7O/c1-11(2)25-12(3)9-15(23-25)19-21-18(14-10-20-22-13(14)4)24-26(19)16-7-5-6-8-17(16)27/h9-11,16-17,27H,5-8H2,1-4H3,(H,20,22)/t16-,17-/m1/s1. The third-order valence-electron chi connectivity index (χ3n) is 5.35. The van der Waals surface area contributed by atoms with Crippen molar-refractivity contribution < 1.29 is 5.11 Å². The summed E-state index contributed by atoms with van der Waals surface area (Å²) >= 11 is 0. The van der Waals surface area contributed by atoms with Crippen LogP contribution < -0.4 is 0 Å². The van der Waals surface area contributed by atoms with E-state index in [1.54, 1.807) is 6.20 Å². The van der Waals surface area contributed by atoms with Crippen LogP contribution >= 0.6 is 0 Å². The number of aliphatic hydroxyl groups excluding tert-OH is 1. The fourth-order valence-electron chi connectivity index (χ4n) is 3.92. The number of aryl methyl sites for hydroxylation is 2. The summed E-state index contributed by atoms with van der Waals surface area (Å²) in [6, 6.07) is 2.24. The van der Waals surface area contributed by atoms with Crippen LogP contribution in [0.2, 0.25) is 0 Å². The Labute approximate surface area is 158 Å². The first-order valence-electron chi connectivity index (χ1n) is 9.67. The van der Waals surface area contributed by atoms with E-state index in [1.165, 1.54) is 0 Å². The first-order chi connectivity index (χ1) is 13.0. The minimum Gasteiger partial charge on any atom is -0.391 e. The molecular weight excluding hydrogens is 342 g/mol. The predicted molar refractivity (Wildman–Crippen MR) is 102 cm³/mol. The molecule has 27 heavy (non-hydrogen) atoms. The SMILES string of the molecule is Cc1[nH]ncc1-c1nc(-c2cc(C)n(C(C)C)n2)n([C@@H]2CCCC[C@H]2O)n1. The van der Waals surface area contributed by atoms with Gasteiger partial charge in [-0.3, -0.25) is 9.78 Å². The molecule has 1 saturated carbocycles. The van der Waals surface area contributed by atoms with E-state index >= 15 is 0 Å². The summed E-state index contributed by atoms with van der Waals surface area (Å²) in [6.07, 6.45) is 5.16. The molecule has 1 aliphatic rings. The zero-order valence-corrected chi connectivity index (χ0v) is 16.3. The molecule has 0 amide bonds. The highest BCUT2D eigenvalue weighted by Gasteiger charge is 2.30. The van der Waals surface area contributed by atoms with Crippen molar-refractivity contribution in [2.45, 2.75) is 71.6 Å². The number of aromatic nitrogens is 7. The van der Waals surface area contributed by atoms with E-state index in [1.807, 2.05) is 29.3 Å². The Morgan fingerprint density at radius 3 is 2.59 bits per heavy atom. The van der Waals surface area contributed by atoms with Gasteiger partial charge >= 0.3 is 0 Å². The molecule has 0 radical (unpaired) electrons. The van der Waals surface area contributed by atoms with Crippen LogP contribution in [0.5, 0.6) is 0 Å². The Morgan fingerprint density at radius 1 is 1.19 bits per heavy atom. The quantitative estimate of drug-likeness (QED) is 0.736. The number of rotatable bonds is 4. The van der Waals surface area contributed by atoms with Gasteiger partial charge in [-0.1, -0.05) is 12.8 Å². The minimum atomic E-state index is -0.411. The largest absolute Gasteiger partial charge is 0.391 e. The molecule has 0 bridgehead atoms. The summed E-state index contributed by atoms with van der Waals surface area (Å²) in [6.45, 7) is 8.23. The van der Waals surface area contributed by atoms with Gasteiger partial charge in [-0.25, -0.2) is 9.67 Å². The number of H-pyrrole nitrogens is 1. The van der Waals surface area contributed by atoms with Crippen molar-refractivity contribution in [3.63, 3.8) is 0 Å². The van der Waals surface area contributed by atoms with E-state index in [2.05, 4.69) is 24.0 Å². The fraction of sp³-hybridized carbons (Fsp3) is 0.579. The van der Waals surface area contributed by atoms with Crippen molar-refractivity contribution in [1.82, 2.24) is 34.7 Å². The van der Waals surface area contributed by atoms with Crippen molar-refractivity contribution in [1.29, 1.82) is 0 Å². The van der Waals surface area contributed by atoms with Crippen LogP contribution in [0.15, 0.2) is 12.3 Å². The van der Waals surface area contributed by atoms with Gasteiger partial charge in [0.15, 0.2) is 11.6 Å². The highest BCUT2D eigenvalue weighted by atomic mass is 16.3. The van der Waals surface area contributed by atoms with Gasteiger partial charge in [0.05, 0.1) is 23.9 Å². The molecule has 8 heteroatoms. The van der Waals surface area contributed by atoms with Gasteiger partial charge < -0.3 is 5.11 Å². The third kappa shape index (κ3) is 3.18. The van der Waals surface area contributed by atoms with E-state index in [0.717, 1.165) is 48.3 Å². The summed E-state index contributed by atoms with van der Waals surface area (Å²) in [5, 5.41) is 27.2. The lowest BCUT2D eigenvalue weighted by molar-refractivity contribution is 0.0702. The van der Waals surface area contributed by atoms with Crippen molar-refractivity contribution in [3.05, 3.63) is 23.7 Å². The van der Waals surface area contributed by atoms with E-state index in [4.69, 9.17) is 15.2 Å². The zero-order valence-electron chi connectivity index (χ0n) is 16.3. The average molecular weight is 369 g/mol. The van der Waals surface area contributed by atoms with Crippen LogP contribution in [0, 0.1) is 13.8 Å². The lowest BCUT2D eigenvalue weighted by Gasteiger charge is -2.28. The molecule has 3 aromatic rings. The summed E-state index contributed by atoms with van der Waals surface area (Å²) < 4.78 is 3.88. The molecule has 8 nitrogen and oxygen atoms in total. The van der Waals surface area contributed by atoms with Gasteiger partial charge in [0.2, 0.25) is 0 Å². The van der Waals surface area contributed by atoms with E-state index in [-0.39, 0.29) is 12.1 Å². The number of hydrogen-bond donors (Lipinski definition) is 2. The van der Waals surface area contributed by atoms with Gasteiger partial charge in [-0.15, -0.1) is 5.10 Å². The van der Waals surface area contributed by atoms with Gasteiger partial charge in [0, 0.05) is 17.4 Å². The summed E-state index contributed by atoms with van der Waals surface area (Å²) in [4.78, 5) is 4.81. The maximum atomic E-state index is 10.6.